The number of anilines is 2. The first kappa shape index (κ1) is 24.2. The van der Waals surface area contributed by atoms with Crippen LogP contribution in [-0.4, -0.2) is 21.4 Å². The average molecular weight is 569 g/mol. The van der Waals surface area contributed by atoms with Gasteiger partial charge in [0.05, 0.1) is 21.0 Å². The summed E-state index contributed by atoms with van der Waals surface area (Å²) in [5, 5.41) is 3.11. The highest BCUT2D eigenvalue weighted by Crippen LogP contribution is 2.33. The van der Waals surface area contributed by atoms with E-state index in [0.717, 1.165) is 36.9 Å². The van der Waals surface area contributed by atoms with Gasteiger partial charge >= 0.3 is 6.18 Å². The van der Waals surface area contributed by atoms with Crippen LogP contribution in [0.4, 0.5) is 24.5 Å². The van der Waals surface area contributed by atoms with E-state index in [9.17, 15) is 26.4 Å². The minimum Gasteiger partial charge on any atom is -0.321 e. The lowest BCUT2D eigenvalue weighted by molar-refractivity contribution is -0.137. The molecular formula is C23H16BrF3N2O3S2. The maximum Gasteiger partial charge on any atom is 0.416 e. The van der Waals surface area contributed by atoms with Crippen molar-refractivity contribution in [2.75, 3.05) is 16.7 Å². The quantitative estimate of drug-likeness (QED) is 0.289. The van der Waals surface area contributed by atoms with Crippen molar-refractivity contribution in [3.05, 3.63) is 87.7 Å². The molecule has 0 saturated carbocycles. The summed E-state index contributed by atoms with van der Waals surface area (Å²) in [5.41, 5.74) is -0.433. The largest absolute Gasteiger partial charge is 0.416 e. The van der Waals surface area contributed by atoms with Gasteiger partial charge in [-0.25, -0.2) is 8.42 Å². The molecule has 0 aliphatic heterocycles. The number of halogens is 4. The second-order valence-electron chi connectivity index (χ2n) is 7.29. The van der Waals surface area contributed by atoms with Gasteiger partial charge in [-0.1, -0.05) is 22.0 Å². The van der Waals surface area contributed by atoms with Gasteiger partial charge in [0.15, 0.2) is 0 Å². The first-order valence-electron chi connectivity index (χ1n) is 9.72. The molecule has 1 heterocycles. The summed E-state index contributed by atoms with van der Waals surface area (Å²) in [6.45, 7) is 0. The number of hydrogen-bond donors (Lipinski definition) is 1. The van der Waals surface area contributed by atoms with Crippen molar-refractivity contribution in [3.8, 4) is 0 Å². The number of carbonyl (C=O) groups is 1. The number of alkyl halides is 3. The molecule has 34 heavy (non-hydrogen) atoms. The lowest BCUT2D eigenvalue weighted by Gasteiger charge is -2.19. The summed E-state index contributed by atoms with van der Waals surface area (Å²) in [4.78, 5) is 13.1. The van der Waals surface area contributed by atoms with E-state index < -0.39 is 27.7 Å². The Kier molecular flexibility index (Phi) is 6.45. The second kappa shape index (κ2) is 9.05. The number of hydrogen-bond acceptors (Lipinski definition) is 4. The van der Waals surface area contributed by atoms with Crippen LogP contribution >= 0.6 is 27.3 Å². The monoisotopic (exact) mass is 568 g/mol. The predicted octanol–water partition coefficient (Wildman–Crippen LogP) is 6.76. The van der Waals surface area contributed by atoms with Crippen LogP contribution in [0.1, 0.15) is 15.2 Å². The molecule has 0 bridgehead atoms. The summed E-state index contributed by atoms with van der Waals surface area (Å²) in [6.07, 6.45) is -4.52. The Hall–Kier alpha value is -2.89. The van der Waals surface area contributed by atoms with Gasteiger partial charge in [0.1, 0.15) is 0 Å². The molecule has 1 aromatic heterocycles. The third kappa shape index (κ3) is 4.96. The van der Waals surface area contributed by atoms with Crippen molar-refractivity contribution in [2.24, 2.45) is 0 Å². The highest BCUT2D eigenvalue weighted by molar-refractivity contribution is 9.10. The van der Waals surface area contributed by atoms with Gasteiger partial charge < -0.3 is 5.32 Å². The number of thiophene rings is 1. The Morgan fingerprint density at radius 1 is 1.00 bits per heavy atom. The van der Waals surface area contributed by atoms with E-state index in [1.165, 1.54) is 31.3 Å². The van der Waals surface area contributed by atoms with Crippen molar-refractivity contribution in [2.45, 2.75) is 11.1 Å². The fourth-order valence-electron chi connectivity index (χ4n) is 3.21. The molecule has 4 aromatic rings. The SMILES string of the molecule is CN(c1ccc2sc(C(=O)Nc3cccc(C(F)(F)F)c3)cc2c1)S(=O)(=O)c1ccc(Br)cc1. The third-order valence-corrected chi connectivity index (χ3v) is 8.45. The molecule has 0 unspecified atom stereocenters. The van der Waals surface area contributed by atoms with Crippen LogP contribution in [0.3, 0.4) is 0 Å². The minimum atomic E-state index is -4.52. The van der Waals surface area contributed by atoms with Crippen molar-refractivity contribution >= 4 is 64.7 Å². The lowest BCUT2D eigenvalue weighted by Crippen LogP contribution is -2.26. The molecule has 1 N–H and O–H groups in total. The van der Waals surface area contributed by atoms with Crippen molar-refractivity contribution in [1.29, 1.82) is 0 Å². The number of carbonyl (C=O) groups excluding carboxylic acids is 1. The van der Waals surface area contributed by atoms with E-state index in [2.05, 4.69) is 21.2 Å². The molecular weight excluding hydrogens is 553 g/mol. The highest BCUT2D eigenvalue weighted by atomic mass is 79.9. The zero-order valence-corrected chi connectivity index (χ0v) is 20.6. The topological polar surface area (TPSA) is 66.5 Å². The molecule has 11 heteroatoms. The van der Waals surface area contributed by atoms with Crippen LogP contribution in [-0.2, 0) is 16.2 Å². The Bertz CT molecular complexity index is 1480. The van der Waals surface area contributed by atoms with Gasteiger partial charge in [0, 0.05) is 21.9 Å². The Balaban J connectivity index is 1.59. The molecule has 0 saturated heterocycles. The van der Waals surface area contributed by atoms with E-state index >= 15 is 0 Å². The fraction of sp³-hybridized carbons (Fsp3) is 0.0870. The summed E-state index contributed by atoms with van der Waals surface area (Å²) < 4.78 is 67.3. The molecule has 176 valence electrons. The standard InChI is InChI=1S/C23H16BrF3N2O3S2/c1-29(34(31,32)19-8-5-16(24)6-9-19)18-7-10-20-14(11-18)12-21(33-20)22(30)28-17-4-2-3-15(13-17)23(25,26)27/h2-13H,1H3,(H,28,30). The van der Waals surface area contributed by atoms with Crippen LogP contribution in [0.2, 0.25) is 0 Å². The first-order valence-corrected chi connectivity index (χ1v) is 12.8. The molecule has 0 atom stereocenters. The van der Waals surface area contributed by atoms with Gasteiger partial charge in [-0.15, -0.1) is 11.3 Å². The van der Waals surface area contributed by atoms with Crippen molar-refractivity contribution in [1.82, 2.24) is 0 Å². The van der Waals surface area contributed by atoms with Crippen LogP contribution in [0.25, 0.3) is 10.1 Å². The van der Waals surface area contributed by atoms with Crippen molar-refractivity contribution in [3.63, 3.8) is 0 Å². The number of rotatable bonds is 5. The predicted molar refractivity (Wildman–Crippen MR) is 131 cm³/mol. The molecule has 0 fully saturated rings. The van der Waals surface area contributed by atoms with Gasteiger partial charge in [-0.3, -0.25) is 9.10 Å². The summed E-state index contributed by atoms with van der Waals surface area (Å²) >= 11 is 4.43. The van der Waals surface area contributed by atoms with Crippen LogP contribution in [0, 0.1) is 0 Å². The van der Waals surface area contributed by atoms with E-state index in [1.54, 1.807) is 36.4 Å². The first-order chi connectivity index (χ1) is 15.9. The van der Waals surface area contributed by atoms with Crippen LogP contribution in [0.5, 0.6) is 0 Å². The molecule has 0 aliphatic carbocycles. The number of nitrogens with zero attached hydrogens (tertiary/aromatic N) is 1. The van der Waals surface area contributed by atoms with E-state index in [0.29, 0.717) is 11.1 Å². The number of benzene rings is 3. The van der Waals surface area contributed by atoms with Gasteiger partial charge in [-0.05, 0) is 72.1 Å². The Morgan fingerprint density at radius 3 is 2.38 bits per heavy atom. The maximum absolute atomic E-state index is 13.0. The summed E-state index contributed by atoms with van der Waals surface area (Å²) in [7, 11) is -2.36. The van der Waals surface area contributed by atoms with Crippen LogP contribution in [0.15, 0.2) is 82.2 Å². The minimum absolute atomic E-state index is 0.0262. The zero-order valence-electron chi connectivity index (χ0n) is 17.4. The molecule has 5 nitrogen and oxygen atoms in total. The average Bonchev–Trinajstić information content (AvgIpc) is 3.22. The number of nitrogens with one attached hydrogen (secondary N) is 1. The van der Waals surface area contributed by atoms with E-state index in [4.69, 9.17) is 0 Å². The molecule has 0 spiro atoms. The van der Waals surface area contributed by atoms with E-state index in [1.807, 2.05) is 0 Å². The molecule has 0 aliphatic rings. The molecule has 1 amide bonds. The molecule has 0 radical (unpaired) electrons. The van der Waals surface area contributed by atoms with Gasteiger partial charge in [-0.2, -0.15) is 13.2 Å². The number of amides is 1. The third-order valence-electron chi connectivity index (χ3n) is 5.01. The normalized spacial score (nSPS) is 12.0. The van der Waals surface area contributed by atoms with Gasteiger partial charge in [0.25, 0.3) is 15.9 Å². The number of fused-ring (bicyclic) bond motifs is 1. The summed E-state index contributed by atoms with van der Waals surface area (Å²) in [5.74, 6) is -0.557. The lowest BCUT2D eigenvalue weighted by atomic mass is 10.2. The van der Waals surface area contributed by atoms with Crippen molar-refractivity contribution < 1.29 is 26.4 Å². The second-order valence-corrected chi connectivity index (χ2v) is 11.3. The number of sulfonamides is 1. The van der Waals surface area contributed by atoms with E-state index in [-0.39, 0.29) is 15.5 Å². The summed E-state index contributed by atoms with van der Waals surface area (Å²) in [6, 6.07) is 17.2. The molecule has 3 aromatic carbocycles. The Labute approximate surface area is 206 Å². The zero-order chi connectivity index (χ0) is 24.7. The van der Waals surface area contributed by atoms with Crippen LogP contribution < -0.4 is 9.62 Å². The molecule has 4 rings (SSSR count). The smallest absolute Gasteiger partial charge is 0.321 e. The van der Waals surface area contributed by atoms with Gasteiger partial charge in [0.2, 0.25) is 0 Å². The highest BCUT2D eigenvalue weighted by Gasteiger charge is 2.30. The Morgan fingerprint density at radius 2 is 1.71 bits per heavy atom. The fourth-order valence-corrected chi connectivity index (χ4v) is 5.60. The maximum atomic E-state index is 13.0.